The SMILES string of the molecule is CCC(C)NC(=O)C(C)N(Cc1ccccc1C)C(=O)CSCc1ccccc1. The van der Waals surface area contributed by atoms with E-state index in [0.717, 1.165) is 23.3 Å². The van der Waals surface area contributed by atoms with Crippen LogP contribution in [0.25, 0.3) is 0 Å². The van der Waals surface area contributed by atoms with E-state index in [-0.39, 0.29) is 17.9 Å². The van der Waals surface area contributed by atoms with Crippen LogP contribution in [0.15, 0.2) is 54.6 Å². The van der Waals surface area contributed by atoms with Crippen LogP contribution >= 0.6 is 11.8 Å². The second kappa shape index (κ2) is 11.7. The fraction of sp³-hybridized carbons (Fsp3) is 0.417. The third-order valence-electron chi connectivity index (χ3n) is 5.11. The van der Waals surface area contributed by atoms with Gasteiger partial charge in [0.2, 0.25) is 11.8 Å². The number of rotatable bonds is 10. The van der Waals surface area contributed by atoms with Gasteiger partial charge in [0, 0.05) is 18.3 Å². The summed E-state index contributed by atoms with van der Waals surface area (Å²) >= 11 is 1.58. The Morgan fingerprint density at radius 3 is 2.34 bits per heavy atom. The van der Waals surface area contributed by atoms with Gasteiger partial charge in [-0.2, -0.15) is 0 Å². The number of benzene rings is 2. The second-order valence-corrected chi connectivity index (χ2v) is 8.41. The first-order valence-electron chi connectivity index (χ1n) is 10.2. The van der Waals surface area contributed by atoms with Crippen molar-refractivity contribution in [3.63, 3.8) is 0 Å². The van der Waals surface area contributed by atoms with E-state index in [2.05, 4.69) is 17.4 Å². The first kappa shape index (κ1) is 23.0. The van der Waals surface area contributed by atoms with Gasteiger partial charge in [-0.25, -0.2) is 0 Å². The van der Waals surface area contributed by atoms with Gasteiger partial charge < -0.3 is 10.2 Å². The van der Waals surface area contributed by atoms with Crippen molar-refractivity contribution in [3.05, 3.63) is 71.3 Å². The zero-order valence-electron chi connectivity index (χ0n) is 17.9. The van der Waals surface area contributed by atoms with Crippen LogP contribution in [0.1, 0.15) is 43.9 Å². The molecule has 156 valence electrons. The maximum Gasteiger partial charge on any atom is 0.242 e. The Hall–Kier alpha value is -2.27. The Labute approximate surface area is 179 Å². The monoisotopic (exact) mass is 412 g/mol. The minimum Gasteiger partial charge on any atom is -0.352 e. The first-order chi connectivity index (χ1) is 13.9. The van der Waals surface area contributed by atoms with Gasteiger partial charge in [0.05, 0.1) is 5.75 Å². The minimum atomic E-state index is -0.520. The van der Waals surface area contributed by atoms with Crippen LogP contribution in [-0.2, 0) is 21.9 Å². The lowest BCUT2D eigenvalue weighted by atomic mass is 10.1. The van der Waals surface area contributed by atoms with Crippen molar-refractivity contribution >= 4 is 23.6 Å². The molecule has 0 spiro atoms. The van der Waals surface area contributed by atoms with Crippen molar-refractivity contribution in [1.82, 2.24) is 10.2 Å². The number of carbonyl (C=O) groups is 2. The predicted octanol–water partition coefficient (Wildman–Crippen LogP) is 4.56. The molecule has 0 radical (unpaired) electrons. The van der Waals surface area contributed by atoms with Crippen LogP contribution in [0.2, 0.25) is 0 Å². The average molecular weight is 413 g/mol. The minimum absolute atomic E-state index is 0.0130. The van der Waals surface area contributed by atoms with E-state index in [1.54, 1.807) is 16.7 Å². The smallest absolute Gasteiger partial charge is 0.242 e. The molecule has 0 bridgehead atoms. The number of carbonyl (C=O) groups excluding carboxylic acids is 2. The normalized spacial score (nSPS) is 12.8. The number of thioether (sulfide) groups is 1. The zero-order valence-corrected chi connectivity index (χ0v) is 18.7. The molecule has 0 fully saturated rings. The summed E-state index contributed by atoms with van der Waals surface area (Å²) < 4.78 is 0. The standard InChI is InChI=1S/C24H32N2O2S/c1-5-19(3)25-24(28)20(4)26(15-22-14-10-9-11-18(22)2)23(27)17-29-16-21-12-7-6-8-13-21/h6-14,19-20H,5,15-17H2,1-4H3,(H,25,28). The number of nitrogens with one attached hydrogen (secondary N) is 1. The largest absolute Gasteiger partial charge is 0.352 e. The molecular formula is C24H32N2O2S. The lowest BCUT2D eigenvalue weighted by Crippen LogP contribution is -2.50. The van der Waals surface area contributed by atoms with E-state index in [4.69, 9.17) is 0 Å². The van der Waals surface area contributed by atoms with Gasteiger partial charge in [0.25, 0.3) is 0 Å². The molecule has 0 heterocycles. The van der Waals surface area contributed by atoms with E-state index in [1.807, 2.05) is 70.2 Å². The van der Waals surface area contributed by atoms with Gasteiger partial charge in [-0.3, -0.25) is 9.59 Å². The topological polar surface area (TPSA) is 49.4 Å². The Balaban J connectivity index is 2.08. The molecule has 0 aliphatic rings. The molecular weight excluding hydrogens is 380 g/mol. The highest BCUT2D eigenvalue weighted by atomic mass is 32.2. The molecule has 0 saturated carbocycles. The lowest BCUT2D eigenvalue weighted by molar-refractivity contribution is -0.138. The van der Waals surface area contributed by atoms with E-state index in [0.29, 0.717) is 12.3 Å². The Morgan fingerprint density at radius 2 is 1.69 bits per heavy atom. The highest BCUT2D eigenvalue weighted by Gasteiger charge is 2.27. The molecule has 4 nitrogen and oxygen atoms in total. The van der Waals surface area contributed by atoms with Gasteiger partial charge in [-0.15, -0.1) is 11.8 Å². The summed E-state index contributed by atoms with van der Waals surface area (Å²) in [6.07, 6.45) is 0.858. The molecule has 0 aliphatic carbocycles. The third-order valence-corrected chi connectivity index (χ3v) is 6.10. The van der Waals surface area contributed by atoms with E-state index in [9.17, 15) is 9.59 Å². The molecule has 2 rings (SSSR count). The molecule has 0 aliphatic heterocycles. The van der Waals surface area contributed by atoms with Crippen molar-refractivity contribution < 1.29 is 9.59 Å². The molecule has 2 atom stereocenters. The van der Waals surface area contributed by atoms with Crippen LogP contribution in [0.5, 0.6) is 0 Å². The van der Waals surface area contributed by atoms with Gasteiger partial charge in [-0.1, -0.05) is 61.5 Å². The van der Waals surface area contributed by atoms with Crippen LogP contribution in [-0.4, -0.2) is 34.6 Å². The molecule has 1 N–H and O–H groups in total. The van der Waals surface area contributed by atoms with Gasteiger partial charge in [0.1, 0.15) is 6.04 Å². The Kier molecular flexibility index (Phi) is 9.26. The quantitative estimate of drug-likeness (QED) is 0.622. The number of hydrogen-bond acceptors (Lipinski definition) is 3. The number of aryl methyl sites for hydroxylation is 1. The van der Waals surface area contributed by atoms with E-state index < -0.39 is 6.04 Å². The number of hydrogen-bond donors (Lipinski definition) is 1. The zero-order chi connectivity index (χ0) is 21.2. The molecule has 2 unspecified atom stereocenters. The van der Waals surface area contributed by atoms with Crippen molar-refractivity contribution in [2.45, 2.75) is 58.5 Å². The van der Waals surface area contributed by atoms with Crippen molar-refractivity contribution in [3.8, 4) is 0 Å². The molecule has 0 aromatic heterocycles. The predicted molar refractivity (Wildman–Crippen MR) is 122 cm³/mol. The summed E-state index contributed by atoms with van der Waals surface area (Å²) in [5.41, 5.74) is 3.38. The summed E-state index contributed by atoms with van der Waals surface area (Å²) in [5.74, 6) is 1.01. The molecule has 2 aromatic rings. The van der Waals surface area contributed by atoms with Crippen LogP contribution < -0.4 is 5.32 Å². The highest BCUT2D eigenvalue weighted by molar-refractivity contribution is 7.99. The van der Waals surface area contributed by atoms with E-state index >= 15 is 0 Å². The third kappa shape index (κ3) is 7.24. The highest BCUT2D eigenvalue weighted by Crippen LogP contribution is 2.17. The fourth-order valence-corrected chi connectivity index (χ4v) is 3.80. The van der Waals surface area contributed by atoms with E-state index in [1.165, 1.54) is 5.56 Å². The fourth-order valence-electron chi connectivity index (χ4n) is 2.93. The Morgan fingerprint density at radius 1 is 1.03 bits per heavy atom. The summed E-state index contributed by atoms with van der Waals surface area (Å²) in [7, 11) is 0. The second-order valence-electron chi connectivity index (χ2n) is 7.42. The van der Waals surface area contributed by atoms with Crippen LogP contribution in [0.3, 0.4) is 0 Å². The number of nitrogens with zero attached hydrogens (tertiary/aromatic N) is 1. The molecule has 29 heavy (non-hydrogen) atoms. The maximum atomic E-state index is 13.1. The molecule has 2 aromatic carbocycles. The average Bonchev–Trinajstić information content (AvgIpc) is 2.73. The summed E-state index contributed by atoms with van der Waals surface area (Å²) in [6, 6.07) is 17.7. The van der Waals surface area contributed by atoms with Gasteiger partial charge >= 0.3 is 0 Å². The maximum absolute atomic E-state index is 13.1. The Bertz CT molecular complexity index is 794. The van der Waals surface area contributed by atoms with Crippen molar-refractivity contribution in [2.75, 3.05) is 5.75 Å². The van der Waals surface area contributed by atoms with Crippen molar-refractivity contribution in [1.29, 1.82) is 0 Å². The van der Waals surface area contributed by atoms with Gasteiger partial charge in [0.15, 0.2) is 0 Å². The summed E-state index contributed by atoms with van der Waals surface area (Å²) in [6.45, 7) is 8.30. The van der Waals surface area contributed by atoms with Gasteiger partial charge in [-0.05, 0) is 43.9 Å². The summed E-state index contributed by atoms with van der Waals surface area (Å²) in [5, 5.41) is 3.01. The summed E-state index contributed by atoms with van der Waals surface area (Å²) in [4.78, 5) is 27.5. The lowest BCUT2D eigenvalue weighted by Gasteiger charge is -2.30. The first-order valence-corrected chi connectivity index (χ1v) is 11.3. The molecule has 5 heteroatoms. The molecule has 2 amide bonds. The van der Waals surface area contributed by atoms with Crippen LogP contribution in [0.4, 0.5) is 0 Å². The number of amides is 2. The van der Waals surface area contributed by atoms with Crippen molar-refractivity contribution in [2.24, 2.45) is 0 Å². The van der Waals surface area contributed by atoms with Crippen LogP contribution in [0, 0.1) is 6.92 Å². The molecule has 0 saturated heterocycles.